The van der Waals surface area contributed by atoms with Gasteiger partial charge < -0.3 is 14.6 Å². The minimum atomic E-state index is -0.527. The van der Waals surface area contributed by atoms with E-state index in [1.54, 1.807) is 14.0 Å². The largest absolute Gasteiger partial charge is 0.454 e. The third-order valence-corrected chi connectivity index (χ3v) is 4.91. The second-order valence-corrected chi connectivity index (χ2v) is 6.43. The maximum absolute atomic E-state index is 12.4. The van der Waals surface area contributed by atoms with E-state index in [4.69, 9.17) is 4.74 Å². The van der Waals surface area contributed by atoms with Crippen LogP contribution in [0.4, 0.5) is 5.00 Å². The van der Waals surface area contributed by atoms with E-state index >= 15 is 0 Å². The molecule has 0 aliphatic heterocycles. The average molecular weight is 349 g/mol. The number of ether oxygens (including phenoxy) is 1. The van der Waals surface area contributed by atoms with Crippen LogP contribution in [0.2, 0.25) is 0 Å². The Morgan fingerprint density at radius 2 is 2.04 bits per heavy atom. The predicted molar refractivity (Wildman–Crippen MR) is 95.2 cm³/mol. The summed E-state index contributed by atoms with van der Waals surface area (Å²) in [4.78, 5) is 24.7. The fourth-order valence-corrected chi connectivity index (χ4v) is 3.45. The molecule has 0 radical (unpaired) electrons. The Balaban J connectivity index is 2.10. The van der Waals surface area contributed by atoms with Gasteiger partial charge in [0.25, 0.3) is 0 Å². The minimum Gasteiger partial charge on any atom is -0.454 e. The van der Waals surface area contributed by atoms with Crippen LogP contribution in [0.25, 0.3) is 0 Å². The topological polar surface area (TPSA) is 73.2 Å². The highest BCUT2D eigenvalue weighted by Gasteiger charge is 2.22. The lowest BCUT2D eigenvalue weighted by atomic mass is 10.1. The summed E-state index contributed by atoms with van der Waals surface area (Å²) in [7, 11) is 1.72. The predicted octanol–water partition coefficient (Wildman–Crippen LogP) is 3.36. The quantitative estimate of drug-likeness (QED) is 0.613. The van der Waals surface area contributed by atoms with Gasteiger partial charge in [0, 0.05) is 30.5 Å². The van der Waals surface area contributed by atoms with Gasteiger partial charge in [0.15, 0.2) is 6.61 Å². The van der Waals surface area contributed by atoms with Crippen molar-refractivity contribution in [1.29, 1.82) is 0 Å². The zero-order valence-electron chi connectivity index (χ0n) is 14.7. The number of hydrogen-bond donors (Lipinski definition) is 1. The fraction of sp³-hybridized carbons (Fsp3) is 0.471. The molecule has 0 amide bonds. The number of nitrogens with one attached hydrogen (secondary N) is 1. The zero-order chi connectivity index (χ0) is 17.9. The molecule has 0 atom stereocenters. The molecule has 0 bridgehead atoms. The normalized spacial score (nSPS) is 10.7. The van der Waals surface area contributed by atoms with Crippen molar-refractivity contribution in [3.8, 4) is 0 Å². The van der Waals surface area contributed by atoms with Gasteiger partial charge in [-0.15, -0.1) is 0 Å². The molecule has 0 saturated carbocycles. The van der Waals surface area contributed by atoms with Crippen LogP contribution in [0.1, 0.15) is 51.1 Å². The van der Waals surface area contributed by atoms with Gasteiger partial charge in [0.05, 0.1) is 5.69 Å². The zero-order valence-corrected chi connectivity index (χ0v) is 15.5. The summed E-state index contributed by atoms with van der Waals surface area (Å²) in [5.74, 6) is -0.716. The summed E-state index contributed by atoms with van der Waals surface area (Å²) in [6.07, 6.45) is 0.996. The summed E-state index contributed by atoms with van der Waals surface area (Å²) in [6, 6.07) is 1.86. The van der Waals surface area contributed by atoms with Crippen molar-refractivity contribution in [1.82, 2.24) is 8.94 Å². The third-order valence-electron chi connectivity index (χ3n) is 3.95. The first-order valence-corrected chi connectivity index (χ1v) is 8.69. The summed E-state index contributed by atoms with van der Waals surface area (Å²) in [5, 5.41) is 3.56. The molecule has 2 heterocycles. The third kappa shape index (κ3) is 3.51. The molecule has 0 aliphatic rings. The SMILES string of the molecule is CCCn1c(C)cc(C(=O)COC(=O)c2c(C)nsc2NC)c1C. The van der Waals surface area contributed by atoms with Crippen LogP contribution in [0.3, 0.4) is 0 Å². The molecular formula is C17H23N3O3S. The van der Waals surface area contributed by atoms with Crippen LogP contribution >= 0.6 is 11.5 Å². The van der Waals surface area contributed by atoms with Crippen molar-refractivity contribution in [2.45, 2.75) is 40.7 Å². The Hall–Kier alpha value is -2.15. The highest BCUT2D eigenvalue weighted by molar-refractivity contribution is 7.10. The molecule has 0 aliphatic carbocycles. The van der Waals surface area contributed by atoms with E-state index in [0.717, 1.165) is 24.4 Å². The standard InChI is InChI=1S/C17H23N3O3S/c1-6-7-20-10(2)8-13(12(20)4)14(21)9-23-17(22)15-11(3)19-24-16(15)18-5/h8,18H,6-7,9H2,1-5H3. The van der Waals surface area contributed by atoms with E-state index in [1.807, 2.05) is 19.9 Å². The van der Waals surface area contributed by atoms with Gasteiger partial charge in [-0.2, -0.15) is 4.37 Å². The molecule has 0 fully saturated rings. The van der Waals surface area contributed by atoms with Crippen molar-refractivity contribution in [2.75, 3.05) is 19.0 Å². The van der Waals surface area contributed by atoms with Crippen LogP contribution in [0.5, 0.6) is 0 Å². The van der Waals surface area contributed by atoms with Gasteiger partial charge in [0.1, 0.15) is 10.6 Å². The second kappa shape index (κ2) is 7.61. The number of Topliss-reactive ketones (excluding diaryl/α,β-unsaturated/α-hetero) is 1. The van der Waals surface area contributed by atoms with Gasteiger partial charge >= 0.3 is 5.97 Å². The first-order chi connectivity index (χ1) is 11.4. The number of ketones is 1. The Kier molecular flexibility index (Phi) is 5.77. The number of aromatic nitrogens is 2. The molecule has 2 aromatic heterocycles. The number of esters is 1. The molecule has 6 nitrogen and oxygen atoms in total. The molecule has 0 spiro atoms. The summed E-state index contributed by atoms with van der Waals surface area (Å²) in [6.45, 7) is 8.34. The molecule has 1 N–H and O–H groups in total. The van der Waals surface area contributed by atoms with E-state index in [2.05, 4.69) is 21.2 Å². The van der Waals surface area contributed by atoms with Crippen LogP contribution in [-0.4, -0.2) is 34.3 Å². The summed E-state index contributed by atoms with van der Waals surface area (Å²) >= 11 is 1.20. The molecule has 2 rings (SSSR count). The lowest BCUT2D eigenvalue weighted by Crippen LogP contribution is -2.16. The maximum Gasteiger partial charge on any atom is 0.343 e. The molecular weight excluding hydrogens is 326 g/mol. The number of hydrogen-bond acceptors (Lipinski definition) is 6. The van der Waals surface area contributed by atoms with Gasteiger partial charge in [-0.3, -0.25) is 4.79 Å². The maximum atomic E-state index is 12.4. The van der Waals surface area contributed by atoms with Crippen LogP contribution in [0.15, 0.2) is 6.07 Å². The number of rotatable bonds is 7. The first-order valence-electron chi connectivity index (χ1n) is 7.91. The fourth-order valence-electron chi connectivity index (χ4n) is 2.71. The Bertz CT molecular complexity index is 761. The average Bonchev–Trinajstić information content (AvgIpc) is 3.07. The number of carbonyl (C=O) groups is 2. The van der Waals surface area contributed by atoms with E-state index in [1.165, 1.54) is 11.5 Å². The van der Waals surface area contributed by atoms with Gasteiger partial charge in [-0.05, 0) is 44.8 Å². The minimum absolute atomic E-state index is 0.189. The first kappa shape index (κ1) is 18.2. The Morgan fingerprint density at radius 3 is 2.67 bits per heavy atom. The lowest BCUT2D eigenvalue weighted by molar-refractivity contribution is 0.0475. The molecule has 7 heteroatoms. The highest BCUT2D eigenvalue weighted by Crippen LogP contribution is 2.25. The van der Waals surface area contributed by atoms with Gasteiger partial charge in [-0.25, -0.2) is 4.79 Å². The Morgan fingerprint density at radius 1 is 1.33 bits per heavy atom. The smallest absolute Gasteiger partial charge is 0.343 e. The lowest BCUT2D eigenvalue weighted by Gasteiger charge is -2.08. The van der Waals surface area contributed by atoms with E-state index in [9.17, 15) is 9.59 Å². The van der Waals surface area contributed by atoms with Gasteiger partial charge in [0.2, 0.25) is 5.78 Å². The molecule has 0 aromatic carbocycles. The van der Waals surface area contributed by atoms with Crippen LogP contribution in [0, 0.1) is 20.8 Å². The number of anilines is 1. The van der Waals surface area contributed by atoms with Crippen molar-refractivity contribution in [3.05, 3.63) is 34.3 Å². The number of nitrogens with zero attached hydrogens (tertiary/aromatic N) is 2. The second-order valence-electron chi connectivity index (χ2n) is 5.66. The molecule has 0 unspecified atom stereocenters. The molecule has 0 saturated heterocycles. The van der Waals surface area contributed by atoms with Gasteiger partial charge in [-0.1, -0.05) is 6.92 Å². The molecule has 24 heavy (non-hydrogen) atoms. The number of carbonyl (C=O) groups excluding carboxylic acids is 2. The summed E-state index contributed by atoms with van der Waals surface area (Å²) < 4.78 is 11.5. The van der Waals surface area contributed by atoms with Crippen molar-refractivity contribution < 1.29 is 14.3 Å². The van der Waals surface area contributed by atoms with E-state index < -0.39 is 5.97 Å². The molecule has 2 aromatic rings. The Labute approximate surface area is 146 Å². The molecule has 130 valence electrons. The van der Waals surface area contributed by atoms with E-state index in [0.29, 0.717) is 21.8 Å². The van der Waals surface area contributed by atoms with Crippen LogP contribution < -0.4 is 5.32 Å². The monoisotopic (exact) mass is 349 g/mol. The van der Waals surface area contributed by atoms with Crippen molar-refractivity contribution in [2.24, 2.45) is 0 Å². The van der Waals surface area contributed by atoms with Crippen molar-refractivity contribution in [3.63, 3.8) is 0 Å². The highest BCUT2D eigenvalue weighted by atomic mass is 32.1. The van der Waals surface area contributed by atoms with Crippen molar-refractivity contribution >= 4 is 28.3 Å². The van der Waals surface area contributed by atoms with E-state index in [-0.39, 0.29) is 12.4 Å². The number of aryl methyl sites for hydroxylation is 2. The summed E-state index contributed by atoms with van der Waals surface area (Å²) in [5.41, 5.74) is 3.57. The van der Waals surface area contributed by atoms with Crippen LogP contribution in [-0.2, 0) is 11.3 Å².